The van der Waals surface area contributed by atoms with Gasteiger partial charge < -0.3 is 10.1 Å². The molecule has 0 aliphatic rings. The molecule has 2 heterocycles. The molecule has 8 heteroatoms. The zero-order chi connectivity index (χ0) is 23.5. The average Bonchev–Trinajstić information content (AvgIpc) is 3.22. The van der Waals surface area contributed by atoms with Crippen LogP contribution < -0.4 is 15.6 Å². The second-order valence-electron chi connectivity index (χ2n) is 8.11. The Morgan fingerprint density at radius 2 is 1.85 bits per heavy atom. The van der Waals surface area contributed by atoms with Gasteiger partial charge in [0.15, 0.2) is 0 Å². The number of aromatic nitrogens is 4. The van der Waals surface area contributed by atoms with E-state index < -0.39 is 0 Å². The molecule has 33 heavy (non-hydrogen) atoms. The number of carbonyl (C=O) groups excluding carboxylic acids is 1. The summed E-state index contributed by atoms with van der Waals surface area (Å²) < 4.78 is 8.29. The van der Waals surface area contributed by atoms with Crippen LogP contribution in [-0.2, 0) is 11.3 Å². The van der Waals surface area contributed by atoms with Gasteiger partial charge in [0.05, 0.1) is 24.2 Å². The Morgan fingerprint density at radius 1 is 1.12 bits per heavy atom. The third kappa shape index (κ3) is 4.50. The molecule has 170 valence electrons. The van der Waals surface area contributed by atoms with Gasteiger partial charge in [-0.3, -0.25) is 9.59 Å². The highest BCUT2D eigenvalue weighted by molar-refractivity contribution is 5.91. The van der Waals surface area contributed by atoms with Crippen molar-refractivity contribution in [3.8, 4) is 11.4 Å². The van der Waals surface area contributed by atoms with Crippen molar-refractivity contribution in [3.05, 3.63) is 76.3 Å². The van der Waals surface area contributed by atoms with Crippen LogP contribution in [0.1, 0.15) is 37.9 Å². The van der Waals surface area contributed by atoms with Crippen molar-refractivity contribution >= 4 is 22.5 Å². The lowest BCUT2D eigenvalue weighted by atomic mass is 10.1. The van der Waals surface area contributed by atoms with Gasteiger partial charge in [-0.25, -0.2) is 9.36 Å². The van der Waals surface area contributed by atoms with Gasteiger partial charge in [0.1, 0.15) is 17.8 Å². The summed E-state index contributed by atoms with van der Waals surface area (Å²) in [5.41, 5.74) is 3.19. The maximum absolute atomic E-state index is 13.4. The van der Waals surface area contributed by atoms with Crippen LogP contribution in [0.5, 0.6) is 5.75 Å². The minimum absolute atomic E-state index is 0.0445. The fourth-order valence-electron chi connectivity index (χ4n) is 3.75. The number of carbonyl (C=O) groups is 1. The molecule has 4 rings (SSSR count). The number of hydrogen-bond donors (Lipinski definition) is 1. The fourth-order valence-corrected chi connectivity index (χ4v) is 3.75. The van der Waals surface area contributed by atoms with Crippen molar-refractivity contribution in [1.29, 1.82) is 0 Å². The summed E-state index contributed by atoms with van der Waals surface area (Å²) in [6.45, 7) is 8.24. The molecule has 0 bridgehead atoms. The van der Waals surface area contributed by atoms with Crippen molar-refractivity contribution in [2.45, 2.75) is 40.2 Å². The minimum Gasteiger partial charge on any atom is -0.494 e. The van der Waals surface area contributed by atoms with Crippen LogP contribution >= 0.6 is 0 Å². The van der Waals surface area contributed by atoms with E-state index in [1.165, 1.54) is 4.68 Å². The number of benzene rings is 2. The first-order valence-electron chi connectivity index (χ1n) is 11.0. The predicted molar refractivity (Wildman–Crippen MR) is 128 cm³/mol. The standard InChI is InChI=1S/C25H27N5O3/c1-5-33-19-12-10-18(11-13-19)27-22(31)15-29-25(32)24-20(23(28-29)16(2)3)14-26-30(24)21-9-7-6-8-17(21)4/h6-14,16H,5,15H2,1-4H3,(H,27,31). The summed E-state index contributed by atoms with van der Waals surface area (Å²) in [4.78, 5) is 26.2. The number of hydrogen-bond acceptors (Lipinski definition) is 5. The van der Waals surface area contributed by atoms with E-state index in [0.29, 0.717) is 23.2 Å². The molecule has 8 nitrogen and oxygen atoms in total. The molecule has 0 aliphatic carbocycles. The molecule has 0 radical (unpaired) electrons. The molecule has 0 saturated heterocycles. The Kier molecular flexibility index (Phi) is 6.26. The number of ether oxygens (including phenoxy) is 1. The number of fused-ring (bicyclic) bond motifs is 1. The first-order chi connectivity index (χ1) is 15.9. The highest BCUT2D eigenvalue weighted by Crippen LogP contribution is 2.24. The Morgan fingerprint density at radius 3 is 2.52 bits per heavy atom. The summed E-state index contributed by atoms with van der Waals surface area (Å²) in [6.07, 6.45) is 1.68. The first kappa shape index (κ1) is 22.3. The van der Waals surface area contributed by atoms with Gasteiger partial charge in [-0.15, -0.1) is 0 Å². The minimum atomic E-state index is -0.364. The normalized spacial score (nSPS) is 11.2. The van der Waals surface area contributed by atoms with Gasteiger partial charge in [-0.2, -0.15) is 10.2 Å². The van der Waals surface area contributed by atoms with Crippen molar-refractivity contribution in [1.82, 2.24) is 19.6 Å². The summed E-state index contributed by atoms with van der Waals surface area (Å²) in [7, 11) is 0. The summed E-state index contributed by atoms with van der Waals surface area (Å²) in [5, 5.41) is 12.5. The van der Waals surface area contributed by atoms with Crippen LogP contribution in [0.25, 0.3) is 16.6 Å². The highest BCUT2D eigenvalue weighted by Gasteiger charge is 2.20. The average molecular weight is 446 g/mol. The number of anilines is 1. The molecule has 0 spiro atoms. The van der Waals surface area contributed by atoms with E-state index in [1.54, 1.807) is 35.1 Å². The molecule has 0 unspecified atom stereocenters. The van der Waals surface area contributed by atoms with Crippen LogP contribution in [-0.4, -0.2) is 32.1 Å². The van der Waals surface area contributed by atoms with E-state index in [1.807, 2.05) is 52.0 Å². The molecule has 2 aromatic heterocycles. The maximum atomic E-state index is 13.4. The summed E-state index contributed by atoms with van der Waals surface area (Å²) >= 11 is 0. The van der Waals surface area contributed by atoms with Gasteiger partial charge in [0, 0.05) is 11.1 Å². The second kappa shape index (κ2) is 9.28. The van der Waals surface area contributed by atoms with Crippen LogP contribution in [0.3, 0.4) is 0 Å². The van der Waals surface area contributed by atoms with Gasteiger partial charge in [-0.1, -0.05) is 32.0 Å². The Hall–Kier alpha value is -3.94. The van der Waals surface area contributed by atoms with Gasteiger partial charge in [0.2, 0.25) is 5.91 Å². The molecular weight excluding hydrogens is 418 g/mol. The molecule has 4 aromatic rings. The van der Waals surface area contributed by atoms with E-state index in [9.17, 15) is 9.59 Å². The van der Waals surface area contributed by atoms with E-state index in [4.69, 9.17) is 4.74 Å². The summed E-state index contributed by atoms with van der Waals surface area (Å²) in [5.74, 6) is 0.428. The number of para-hydroxylation sites is 1. The third-order valence-corrected chi connectivity index (χ3v) is 5.34. The van der Waals surface area contributed by atoms with E-state index in [2.05, 4.69) is 15.5 Å². The molecule has 1 N–H and O–H groups in total. The quantitative estimate of drug-likeness (QED) is 0.463. The molecule has 1 amide bonds. The largest absolute Gasteiger partial charge is 0.494 e. The van der Waals surface area contributed by atoms with Crippen LogP contribution in [0, 0.1) is 6.92 Å². The first-order valence-corrected chi connectivity index (χ1v) is 11.0. The number of rotatable bonds is 7. The zero-order valence-electron chi connectivity index (χ0n) is 19.2. The fraction of sp³-hybridized carbons (Fsp3) is 0.280. The number of nitrogens with zero attached hydrogens (tertiary/aromatic N) is 4. The molecular formula is C25H27N5O3. The van der Waals surface area contributed by atoms with Crippen molar-refractivity contribution in [2.75, 3.05) is 11.9 Å². The van der Waals surface area contributed by atoms with Crippen molar-refractivity contribution < 1.29 is 9.53 Å². The van der Waals surface area contributed by atoms with E-state index in [-0.39, 0.29) is 23.9 Å². The summed E-state index contributed by atoms with van der Waals surface area (Å²) in [6, 6.07) is 14.8. The Bertz CT molecular complexity index is 1350. The zero-order valence-corrected chi connectivity index (χ0v) is 19.2. The molecule has 0 fully saturated rings. The van der Waals surface area contributed by atoms with Crippen molar-refractivity contribution in [2.24, 2.45) is 0 Å². The molecule has 0 aliphatic heterocycles. The second-order valence-corrected chi connectivity index (χ2v) is 8.11. The van der Waals surface area contributed by atoms with Gasteiger partial charge in [-0.05, 0) is 55.7 Å². The number of amides is 1. The monoisotopic (exact) mass is 445 g/mol. The van der Waals surface area contributed by atoms with Crippen LogP contribution in [0.2, 0.25) is 0 Å². The Balaban J connectivity index is 1.71. The van der Waals surface area contributed by atoms with E-state index in [0.717, 1.165) is 22.7 Å². The maximum Gasteiger partial charge on any atom is 0.293 e. The molecule has 2 aromatic carbocycles. The Labute approximate surface area is 191 Å². The molecule has 0 saturated carbocycles. The van der Waals surface area contributed by atoms with Gasteiger partial charge in [0.25, 0.3) is 5.56 Å². The lowest BCUT2D eigenvalue weighted by molar-refractivity contribution is -0.117. The van der Waals surface area contributed by atoms with Crippen molar-refractivity contribution in [3.63, 3.8) is 0 Å². The highest BCUT2D eigenvalue weighted by atomic mass is 16.5. The van der Waals surface area contributed by atoms with Crippen LogP contribution in [0.4, 0.5) is 5.69 Å². The van der Waals surface area contributed by atoms with E-state index >= 15 is 0 Å². The van der Waals surface area contributed by atoms with Crippen LogP contribution in [0.15, 0.2) is 59.5 Å². The number of aryl methyl sites for hydroxylation is 1. The third-order valence-electron chi connectivity index (χ3n) is 5.34. The molecule has 0 atom stereocenters. The SMILES string of the molecule is CCOc1ccc(NC(=O)Cn2nc(C(C)C)c3cnn(-c4ccccc4C)c3c2=O)cc1. The smallest absolute Gasteiger partial charge is 0.293 e. The topological polar surface area (TPSA) is 91.0 Å². The van der Waals surface area contributed by atoms with Gasteiger partial charge >= 0.3 is 0 Å². The number of nitrogens with one attached hydrogen (secondary N) is 1. The predicted octanol–water partition coefficient (Wildman–Crippen LogP) is 4.05. The lowest BCUT2D eigenvalue weighted by Gasteiger charge is -2.13. The lowest BCUT2D eigenvalue weighted by Crippen LogP contribution is -2.31.